The molecular weight excluding hydrogens is 261 g/mol. The van der Waals surface area contributed by atoms with Gasteiger partial charge in [0.1, 0.15) is 10.3 Å². The second-order valence-electron chi connectivity index (χ2n) is 2.60. The first-order chi connectivity index (χ1) is 5.63. The van der Waals surface area contributed by atoms with Gasteiger partial charge in [-0.25, -0.2) is 4.98 Å². The van der Waals surface area contributed by atoms with E-state index in [4.69, 9.17) is 23.2 Å². The van der Waals surface area contributed by atoms with Crippen LogP contribution in [0.3, 0.4) is 0 Å². The SMILES string of the molecule is CC(CBr)c1cc(Cl)nc(Cl)c1. The summed E-state index contributed by atoms with van der Waals surface area (Å²) in [4.78, 5) is 3.87. The largest absolute Gasteiger partial charge is 0.224 e. The molecule has 1 nitrogen and oxygen atoms in total. The summed E-state index contributed by atoms with van der Waals surface area (Å²) in [6.45, 7) is 2.09. The number of aromatic nitrogens is 1. The Hall–Kier alpha value is 0.210. The highest BCUT2D eigenvalue weighted by Gasteiger charge is 2.06. The molecule has 0 aliphatic rings. The molecule has 0 aromatic carbocycles. The number of hydrogen-bond donors (Lipinski definition) is 0. The minimum absolute atomic E-state index is 0.406. The molecule has 0 radical (unpaired) electrons. The van der Waals surface area contributed by atoms with Gasteiger partial charge < -0.3 is 0 Å². The minimum Gasteiger partial charge on any atom is -0.224 e. The Morgan fingerprint density at radius 1 is 1.42 bits per heavy atom. The topological polar surface area (TPSA) is 12.9 Å². The molecule has 0 spiro atoms. The zero-order valence-electron chi connectivity index (χ0n) is 6.52. The minimum atomic E-state index is 0.406. The highest BCUT2D eigenvalue weighted by atomic mass is 79.9. The van der Waals surface area contributed by atoms with Gasteiger partial charge in [0.2, 0.25) is 0 Å². The first-order valence-corrected chi connectivity index (χ1v) is 5.40. The Morgan fingerprint density at radius 2 is 1.92 bits per heavy atom. The van der Waals surface area contributed by atoms with E-state index in [0.29, 0.717) is 16.2 Å². The van der Waals surface area contributed by atoms with Gasteiger partial charge in [0.15, 0.2) is 0 Å². The van der Waals surface area contributed by atoms with Crippen molar-refractivity contribution in [1.82, 2.24) is 4.98 Å². The molecule has 0 saturated heterocycles. The fourth-order valence-corrected chi connectivity index (χ4v) is 1.71. The van der Waals surface area contributed by atoms with Crippen molar-refractivity contribution in [3.8, 4) is 0 Å². The van der Waals surface area contributed by atoms with Crippen LogP contribution in [0, 0.1) is 0 Å². The maximum atomic E-state index is 5.74. The molecule has 0 aliphatic carbocycles. The van der Waals surface area contributed by atoms with Crippen molar-refractivity contribution >= 4 is 39.1 Å². The number of halogens is 3. The Labute approximate surface area is 90.2 Å². The number of nitrogens with zero attached hydrogens (tertiary/aromatic N) is 1. The Balaban J connectivity index is 3.00. The van der Waals surface area contributed by atoms with E-state index < -0.39 is 0 Å². The van der Waals surface area contributed by atoms with Crippen LogP contribution in [0.5, 0.6) is 0 Å². The lowest BCUT2D eigenvalue weighted by Gasteiger charge is -2.07. The molecule has 4 heteroatoms. The molecule has 1 aromatic rings. The highest BCUT2D eigenvalue weighted by Crippen LogP contribution is 2.22. The van der Waals surface area contributed by atoms with Gasteiger partial charge in [0.25, 0.3) is 0 Å². The lowest BCUT2D eigenvalue weighted by molar-refractivity contribution is 0.884. The number of hydrogen-bond acceptors (Lipinski definition) is 1. The van der Waals surface area contributed by atoms with Gasteiger partial charge in [-0.05, 0) is 23.6 Å². The van der Waals surface area contributed by atoms with Crippen LogP contribution in [0.4, 0.5) is 0 Å². The van der Waals surface area contributed by atoms with Crippen LogP contribution in [0.25, 0.3) is 0 Å². The molecule has 0 N–H and O–H groups in total. The summed E-state index contributed by atoms with van der Waals surface area (Å²) in [6, 6.07) is 3.67. The quantitative estimate of drug-likeness (QED) is 0.586. The monoisotopic (exact) mass is 267 g/mol. The van der Waals surface area contributed by atoms with Gasteiger partial charge in [-0.3, -0.25) is 0 Å². The molecule has 12 heavy (non-hydrogen) atoms. The van der Waals surface area contributed by atoms with Gasteiger partial charge in [-0.2, -0.15) is 0 Å². The van der Waals surface area contributed by atoms with E-state index in [9.17, 15) is 0 Å². The maximum absolute atomic E-state index is 5.74. The van der Waals surface area contributed by atoms with E-state index in [1.54, 1.807) is 0 Å². The Morgan fingerprint density at radius 3 is 2.33 bits per heavy atom. The third-order valence-electron chi connectivity index (χ3n) is 1.59. The molecule has 1 atom stereocenters. The van der Waals surface area contributed by atoms with E-state index >= 15 is 0 Å². The van der Waals surface area contributed by atoms with Crippen LogP contribution in [0.15, 0.2) is 12.1 Å². The van der Waals surface area contributed by atoms with E-state index in [1.165, 1.54) is 0 Å². The molecule has 0 aliphatic heterocycles. The van der Waals surface area contributed by atoms with E-state index in [-0.39, 0.29) is 0 Å². The number of pyridine rings is 1. The van der Waals surface area contributed by atoms with Crippen molar-refractivity contribution in [3.63, 3.8) is 0 Å². The third-order valence-corrected chi connectivity index (χ3v) is 2.94. The fourth-order valence-electron chi connectivity index (χ4n) is 0.857. The second-order valence-corrected chi connectivity index (χ2v) is 4.02. The van der Waals surface area contributed by atoms with E-state index in [1.807, 2.05) is 12.1 Å². The molecule has 0 amide bonds. The first-order valence-electron chi connectivity index (χ1n) is 3.52. The summed E-state index contributed by atoms with van der Waals surface area (Å²) in [5.41, 5.74) is 1.11. The molecule has 1 heterocycles. The van der Waals surface area contributed by atoms with Gasteiger partial charge in [0.05, 0.1) is 0 Å². The van der Waals surface area contributed by atoms with Crippen molar-refractivity contribution in [2.45, 2.75) is 12.8 Å². The molecular formula is C8H8BrCl2N. The van der Waals surface area contributed by atoms with E-state index in [0.717, 1.165) is 10.9 Å². The van der Waals surface area contributed by atoms with Gasteiger partial charge >= 0.3 is 0 Å². The maximum Gasteiger partial charge on any atom is 0.131 e. The summed E-state index contributed by atoms with van der Waals surface area (Å²) < 4.78 is 0. The first kappa shape index (κ1) is 10.3. The molecule has 0 saturated carbocycles. The average Bonchev–Trinajstić information content (AvgIpc) is 2.01. The van der Waals surface area contributed by atoms with Gasteiger partial charge in [0, 0.05) is 5.33 Å². The highest BCUT2D eigenvalue weighted by molar-refractivity contribution is 9.09. The molecule has 1 rings (SSSR count). The Bertz CT molecular complexity index is 258. The van der Waals surface area contributed by atoms with Crippen LogP contribution in [0.2, 0.25) is 10.3 Å². The lowest BCUT2D eigenvalue weighted by Crippen LogP contribution is -1.95. The van der Waals surface area contributed by atoms with Gasteiger partial charge in [-0.1, -0.05) is 46.1 Å². The van der Waals surface area contributed by atoms with Crippen molar-refractivity contribution in [1.29, 1.82) is 0 Å². The molecule has 66 valence electrons. The van der Waals surface area contributed by atoms with Crippen LogP contribution in [-0.4, -0.2) is 10.3 Å². The van der Waals surface area contributed by atoms with Crippen LogP contribution in [-0.2, 0) is 0 Å². The summed E-state index contributed by atoms with van der Waals surface area (Å²) in [7, 11) is 0. The van der Waals surface area contributed by atoms with Crippen LogP contribution < -0.4 is 0 Å². The van der Waals surface area contributed by atoms with Gasteiger partial charge in [-0.15, -0.1) is 0 Å². The smallest absolute Gasteiger partial charge is 0.131 e. The lowest BCUT2D eigenvalue weighted by atomic mass is 10.1. The molecule has 1 aromatic heterocycles. The molecule has 0 bridgehead atoms. The second kappa shape index (κ2) is 4.45. The summed E-state index contributed by atoms with van der Waals surface area (Å²) in [5.74, 6) is 0.406. The van der Waals surface area contributed by atoms with E-state index in [2.05, 4.69) is 27.8 Å². The zero-order chi connectivity index (χ0) is 9.14. The number of rotatable bonds is 2. The van der Waals surface area contributed by atoms with Crippen LogP contribution >= 0.6 is 39.1 Å². The van der Waals surface area contributed by atoms with Crippen LogP contribution in [0.1, 0.15) is 18.4 Å². The summed E-state index contributed by atoms with van der Waals surface area (Å²) in [5, 5.41) is 1.79. The predicted octanol–water partition coefficient (Wildman–Crippen LogP) is 3.89. The average molecular weight is 269 g/mol. The molecule has 1 unspecified atom stereocenters. The zero-order valence-corrected chi connectivity index (χ0v) is 9.62. The third kappa shape index (κ3) is 2.61. The normalized spacial score (nSPS) is 13.0. The summed E-state index contributed by atoms with van der Waals surface area (Å²) in [6.07, 6.45) is 0. The van der Waals surface area contributed by atoms with Crippen molar-refractivity contribution in [2.24, 2.45) is 0 Å². The summed E-state index contributed by atoms with van der Waals surface area (Å²) >= 11 is 14.9. The van der Waals surface area contributed by atoms with Crippen molar-refractivity contribution in [3.05, 3.63) is 28.0 Å². The predicted molar refractivity (Wildman–Crippen MR) is 56.5 cm³/mol. The standard InChI is InChI=1S/C8H8BrCl2N/c1-5(4-9)6-2-7(10)12-8(11)3-6/h2-3,5H,4H2,1H3. The molecule has 0 fully saturated rings. The fraction of sp³-hybridized carbons (Fsp3) is 0.375. The Kier molecular flexibility index (Phi) is 3.81. The van der Waals surface area contributed by atoms with Crippen molar-refractivity contribution < 1.29 is 0 Å². The number of alkyl halides is 1. The van der Waals surface area contributed by atoms with Crippen molar-refractivity contribution in [2.75, 3.05) is 5.33 Å².